The number of nitrogens with zero attached hydrogens (tertiary/aromatic N) is 2. The first-order valence-corrected chi connectivity index (χ1v) is 12.3. The predicted molar refractivity (Wildman–Crippen MR) is 125 cm³/mol. The Labute approximate surface area is 194 Å². The lowest BCUT2D eigenvalue weighted by atomic mass is 10.1. The second-order valence-corrected chi connectivity index (χ2v) is 9.45. The van der Waals surface area contributed by atoms with Gasteiger partial charge in [-0.05, 0) is 43.7 Å². The number of halogens is 1. The van der Waals surface area contributed by atoms with Crippen molar-refractivity contribution in [3.8, 4) is 5.75 Å². The second-order valence-electron chi connectivity index (χ2n) is 7.11. The first kappa shape index (κ1) is 25.5. The summed E-state index contributed by atoms with van der Waals surface area (Å²) >= 11 is 5.94. The smallest absolute Gasteiger partial charge is 0.244 e. The van der Waals surface area contributed by atoms with E-state index in [4.69, 9.17) is 16.3 Å². The summed E-state index contributed by atoms with van der Waals surface area (Å²) in [7, 11) is -2.35. The molecule has 32 heavy (non-hydrogen) atoms. The molecule has 0 heterocycles. The van der Waals surface area contributed by atoms with Gasteiger partial charge in [-0.25, -0.2) is 8.42 Å². The Morgan fingerprint density at radius 1 is 1.12 bits per heavy atom. The summed E-state index contributed by atoms with van der Waals surface area (Å²) in [6.45, 7) is 3.32. The van der Waals surface area contributed by atoms with Crippen LogP contribution >= 0.6 is 11.6 Å². The number of para-hydroxylation sites is 2. The van der Waals surface area contributed by atoms with Crippen LogP contribution in [0.15, 0.2) is 48.5 Å². The van der Waals surface area contributed by atoms with Crippen LogP contribution in [0.25, 0.3) is 0 Å². The van der Waals surface area contributed by atoms with Gasteiger partial charge in [0, 0.05) is 18.6 Å². The zero-order valence-corrected chi connectivity index (χ0v) is 20.1. The van der Waals surface area contributed by atoms with E-state index in [9.17, 15) is 18.0 Å². The van der Waals surface area contributed by atoms with Gasteiger partial charge in [0.2, 0.25) is 21.8 Å². The number of nitrogens with one attached hydrogen (secondary N) is 1. The molecule has 2 rings (SSSR count). The van der Waals surface area contributed by atoms with Crippen LogP contribution in [0.1, 0.15) is 19.4 Å². The second kappa shape index (κ2) is 11.2. The first-order chi connectivity index (χ1) is 15.1. The standard InChI is InChI=1S/C22H28ClN3O5S/c1-5-31-20-9-7-6-8-19(20)26(32(4,29)30)15-21(27)25(16(2)22(28)24-3)14-17-10-12-18(23)13-11-17/h6-13,16H,5,14-15H2,1-4H3,(H,24,28)/t16-/m0/s1. The Balaban J connectivity index is 2.41. The predicted octanol–water partition coefficient (Wildman–Crippen LogP) is 2.67. The summed E-state index contributed by atoms with van der Waals surface area (Å²) in [4.78, 5) is 27.0. The van der Waals surface area contributed by atoms with Crippen molar-refractivity contribution >= 4 is 39.1 Å². The fourth-order valence-electron chi connectivity index (χ4n) is 3.11. The average molecular weight is 482 g/mol. The number of hydrogen-bond acceptors (Lipinski definition) is 5. The number of benzene rings is 2. The van der Waals surface area contributed by atoms with Crippen molar-refractivity contribution in [1.29, 1.82) is 0 Å². The lowest BCUT2D eigenvalue weighted by Crippen LogP contribution is -2.50. The highest BCUT2D eigenvalue weighted by molar-refractivity contribution is 7.92. The first-order valence-electron chi connectivity index (χ1n) is 10.0. The van der Waals surface area contributed by atoms with E-state index in [1.54, 1.807) is 62.4 Å². The Hall–Kier alpha value is -2.78. The van der Waals surface area contributed by atoms with Crippen LogP contribution in [-0.2, 0) is 26.2 Å². The van der Waals surface area contributed by atoms with Crippen molar-refractivity contribution in [3.05, 3.63) is 59.1 Å². The number of carbonyl (C=O) groups excluding carboxylic acids is 2. The zero-order chi connectivity index (χ0) is 23.9. The van der Waals surface area contributed by atoms with Crippen LogP contribution in [0.2, 0.25) is 5.02 Å². The molecule has 0 aromatic heterocycles. The third-order valence-electron chi connectivity index (χ3n) is 4.79. The summed E-state index contributed by atoms with van der Waals surface area (Å²) in [6.07, 6.45) is 1.02. The van der Waals surface area contributed by atoms with E-state index in [-0.39, 0.29) is 18.1 Å². The van der Waals surface area contributed by atoms with E-state index in [0.29, 0.717) is 17.4 Å². The van der Waals surface area contributed by atoms with E-state index >= 15 is 0 Å². The van der Waals surface area contributed by atoms with Crippen molar-refractivity contribution in [1.82, 2.24) is 10.2 Å². The molecule has 8 nitrogen and oxygen atoms in total. The van der Waals surface area contributed by atoms with Gasteiger partial charge in [0.15, 0.2) is 0 Å². The molecule has 1 atom stereocenters. The van der Waals surface area contributed by atoms with Gasteiger partial charge >= 0.3 is 0 Å². The number of amides is 2. The lowest BCUT2D eigenvalue weighted by molar-refractivity contribution is -0.139. The molecule has 174 valence electrons. The molecule has 2 aromatic carbocycles. The molecule has 0 spiro atoms. The molecular formula is C22H28ClN3O5S. The topological polar surface area (TPSA) is 96.0 Å². The van der Waals surface area contributed by atoms with Crippen molar-refractivity contribution in [3.63, 3.8) is 0 Å². The van der Waals surface area contributed by atoms with Crippen molar-refractivity contribution in [2.45, 2.75) is 26.4 Å². The summed E-state index contributed by atoms with van der Waals surface area (Å²) in [5.41, 5.74) is 1.00. The molecule has 0 fully saturated rings. The maximum absolute atomic E-state index is 13.3. The molecule has 0 aliphatic rings. The molecule has 0 aliphatic heterocycles. The maximum Gasteiger partial charge on any atom is 0.244 e. The molecule has 0 aliphatic carbocycles. The maximum atomic E-state index is 13.3. The van der Waals surface area contributed by atoms with Gasteiger partial charge in [-0.1, -0.05) is 35.9 Å². The van der Waals surface area contributed by atoms with Crippen LogP contribution in [0, 0.1) is 0 Å². The fraction of sp³-hybridized carbons (Fsp3) is 0.364. The van der Waals surface area contributed by atoms with Crippen molar-refractivity contribution in [2.75, 3.05) is 30.8 Å². The van der Waals surface area contributed by atoms with Gasteiger partial charge in [-0.15, -0.1) is 0 Å². The van der Waals surface area contributed by atoms with Crippen molar-refractivity contribution < 1.29 is 22.7 Å². The molecule has 2 amide bonds. The summed E-state index contributed by atoms with van der Waals surface area (Å²) in [5, 5.41) is 3.07. The van der Waals surface area contributed by atoms with Gasteiger partial charge in [-0.3, -0.25) is 13.9 Å². The largest absolute Gasteiger partial charge is 0.492 e. The molecule has 1 N–H and O–H groups in total. The summed E-state index contributed by atoms with van der Waals surface area (Å²) in [5.74, 6) is -0.558. The average Bonchev–Trinajstić information content (AvgIpc) is 2.76. The Morgan fingerprint density at radius 3 is 2.31 bits per heavy atom. The summed E-state index contributed by atoms with van der Waals surface area (Å²) < 4.78 is 31.8. The Morgan fingerprint density at radius 2 is 1.75 bits per heavy atom. The van der Waals surface area contributed by atoms with E-state index in [2.05, 4.69) is 5.32 Å². The minimum atomic E-state index is -3.83. The number of rotatable bonds is 10. The Bertz CT molecular complexity index is 1040. The normalized spacial score (nSPS) is 12.0. The molecule has 10 heteroatoms. The number of sulfonamides is 1. The molecule has 0 radical (unpaired) electrons. The minimum absolute atomic E-state index is 0.106. The third kappa shape index (κ3) is 6.61. The van der Waals surface area contributed by atoms with Gasteiger partial charge < -0.3 is 15.0 Å². The molecule has 0 unspecified atom stereocenters. The van der Waals surface area contributed by atoms with Gasteiger partial charge in [0.1, 0.15) is 18.3 Å². The summed E-state index contributed by atoms with van der Waals surface area (Å²) in [6, 6.07) is 12.6. The number of anilines is 1. The highest BCUT2D eigenvalue weighted by atomic mass is 35.5. The van der Waals surface area contributed by atoms with Crippen molar-refractivity contribution in [2.24, 2.45) is 0 Å². The lowest BCUT2D eigenvalue weighted by Gasteiger charge is -2.31. The molecule has 2 aromatic rings. The van der Waals surface area contributed by atoms with E-state index in [0.717, 1.165) is 16.1 Å². The number of likely N-dealkylation sites (N-methyl/N-ethyl adjacent to an activating group) is 1. The van der Waals surface area contributed by atoms with Crippen LogP contribution in [0.3, 0.4) is 0 Å². The van der Waals surface area contributed by atoms with Crippen LogP contribution in [0.4, 0.5) is 5.69 Å². The number of carbonyl (C=O) groups is 2. The minimum Gasteiger partial charge on any atom is -0.492 e. The number of hydrogen-bond donors (Lipinski definition) is 1. The van der Waals surface area contributed by atoms with E-state index < -0.39 is 28.5 Å². The van der Waals surface area contributed by atoms with Crippen LogP contribution in [0.5, 0.6) is 5.75 Å². The van der Waals surface area contributed by atoms with E-state index in [1.165, 1.54) is 11.9 Å². The van der Waals surface area contributed by atoms with Gasteiger partial charge in [0.05, 0.1) is 18.6 Å². The SMILES string of the molecule is CCOc1ccccc1N(CC(=O)N(Cc1ccc(Cl)cc1)[C@@H](C)C(=O)NC)S(C)(=O)=O. The monoisotopic (exact) mass is 481 g/mol. The molecule has 0 saturated heterocycles. The molecule has 0 bridgehead atoms. The zero-order valence-electron chi connectivity index (χ0n) is 18.5. The quantitative estimate of drug-likeness (QED) is 0.562. The molecular weight excluding hydrogens is 454 g/mol. The fourth-order valence-corrected chi connectivity index (χ4v) is 4.09. The Kier molecular flexibility index (Phi) is 8.91. The van der Waals surface area contributed by atoms with Gasteiger partial charge in [-0.2, -0.15) is 0 Å². The van der Waals surface area contributed by atoms with Crippen LogP contribution < -0.4 is 14.4 Å². The number of ether oxygens (including phenoxy) is 1. The third-order valence-corrected chi connectivity index (χ3v) is 6.17. The molecule has 0 saturated carbocycles. The highest BCUT2D eigenvalue weighted by Crippen LogP contribution is 2.30. The van der Waals surface area contributed by atoms with Gasteiger partial charge in [0.25, 0.3) is 0 Å². The van der Waals surface area contributed by atoms with E-state index in [1.807, 2.05) is 0 Å². The van der Waals surface area contributed by atoms with Crippen LogP contribution in [-0.4, -0.2) is 57.6 Å². The highest BCUT2D eigenvalue weighted by Gasteiger charge is 2.30.